The number of fused-ring (bicyclic) bond motifs is 1. The average Bonchev–Trinajstić information content (AvgIpc) is 2.90. The molecule has 2 N–H and O–H groups in total. The zero-order chi connectivity index (χ0) is 13.2. The third-order valence-corrected chi connectivity index (χ3v) is 3.58. The molecule has 0 aliphatic rings. The van der Waals surface area contributed by atoms with Gasteiger partial charge < -0.3 is 14.9 Å². The van der Waals surface area contributed by atoms with Crippen molar-refractivity contribution in [3.63, 3.8) is 0 Å². The first-order valence-electron chi connectivity index (χ1n) is 5.77. The summed E-state index contributed by atoms with van der Waals surface area (Å²) >= 11 is 3.54. The van der Waals surface area contributed by atoms with Gasteiger partial charge in [-0.25, -0.2) is 0 Å². The molecule has 0 fully saturated rings. The topological polar surface area (TPSA) is 61.3 Å². The molecule has 2 aromatic carbocycles. The van der Waals surface area contributed by atoms with Gasteiger partial charge in [0, 0.05) is 6.54 Å². The molecule has 0 radical (unpaired) electrons. The summed E-state index contributed by atoms with van der Waals surface area (Å²) in [6.45, 7) is 0.325. The maximum absolute atomic E-state index is 5.62. The molecule has 0 saturated carbocycles. The standard InChI is InChI=1S/C14H11BrN2O2/c15-13-11-4-2-1-3-9(11)5-6-12(13)19-14-17-10(7-16)8-18-14/h1-6,8H,7,16H2. The SMILES string of the molecule is NCc1coc(Oc2ccc3ccccc3c2Br)n1. The van der Waals surface area contributed by atoms with Crippen LogP contribution in [0.3, 0.4) is 0 Å². The first-order valence-corrected chi connectivity index (χ1v) is 6.57. The van der Waals surface area contributed by atoms with E-state index < -0.39 is 0 Å². The predicted octanol–water partition coefficient (Wildman–Crippen LogP) is 3.84. The van der Waals surface area contributed by atoms with E-state index in [0.29, 0.717) is 18.0 Å². The van der Waals surface area contributed by atoms with E-state index in [1.54, 1.807) is 0 Å². The maximum Gasteiger partial charge on any atom is 0.399 e. The Labute approximate surface area is 118 Å². The van der Waals surface area contributed by atoms with Gasteiger partial charge in [-0.1, -0.05) is 30.3 Å². The van der Waals surface area contributed by atoms with Crippen molar-refractivity contribution in [2.24, 2.45) is 5.73 Å². The molecular weight excluding hydrogens is 308 g/mol. The number of ether oxygens (including phenoxy) is 1. The summed E-state index contributed by atoms with van der Waals surface area (Å²) in [5.41, 5.74) is 6.13. The summed E-state index contributed by atoms with van der Waals surface area (Å²) in [5.74, 6) is 0.657. The lowest BCUT2D eigenvalue weighted by atomic mass is 10.1. The predicted molar refractivity (Wildman–Crippen MR) is 76.1 cm³/mol. The number of nitrogens with zero attached hydrogens (tertiary/aromatic N) is 1. The van der Waals surface area contributed by atoms with Gasteiger partial charge in [0.2, 0.25) is 0 Å². The number of halogens is 1. The van der Waals surface area contributed by atoms with E-state index in [0.717, 1.165) is 15.2 Å². The molecule has 0 aliphatic carbocycles. The molecule has 1 heterocycles. The van der Waals surface area contributed by atoms with Crippen molar-refractivity contribution in [3.05, 3.63) is 52.8 Å². The molecule has 4 nitrogen and oxygen atoms in total. The van der Waals surface area contributed by atoms with Crippen molar-refractivity contribution in [3.8, 4) is 11.8 Å². The molecule has 3 rings (SSSR count). The van der Waals surface area contributed by atoms with Crippen molar-refractivity contribution in [1.82, 2.24) is 4.98 Å². The van der Waals surface area contributed by atoms with Crippen LogP contribution in [0.15, 0.2) is 51.6 Å². The lowest BCUT2D eigenvalue weighted by Gasteiger charge is -2.06. The van der Waals surface area contributed by atoms with Crippen molar-refractivity contribution in [2.75, 3.05) is 0 Å². The Morgan fingerprint density at radius 2 is 2.05 bits per heavy atom. The normalized spacial score (nSPS) is 10.8. The summed E-state index contributed by atoms with van der Waals surface area (Å²) in [5, 5.41) is 2.21. The Kier molecular flexibility index (Phi) is 3.23. The molecule has 1 aromatic heterocycles. The van der Waals surface area contributed by atoms with Crippen molar-refractivity contribution in [1.29, 1.82) is 0 Å². The van der Waals surface area contributed by atoms with Crippen LogP contribution < -0.4 is 10.5 Å². The van der Waals surface area contributed by atoms with Crippen LogP contribution >= 0.6 is 15.9 Å². The van der Waals surface area contributed by atoms with Gasteiger partial charge in [0.1, 0.15) is 12.0 Å². The molecule has 0 aliphatic heterocycles. The zero-order valence-corrected chi connectivity index (χ0v) is 11.6. The zero-order valence-electron chi connectivity index (χ0n) is 9.97. The fourth-order valence-electron chi connectivity index (χ4n) is 1.82. The van der Waals surface area contributed by atoms with Gasteiger partial charge in [0.05, 0.1) is 10.2 Å². The van der Waals surface area contributed by atoms with Crippen LogP contribution in [0.25, 0.3) is 10.8 Å². The Morgan fingerprint density at radius 3 is 2.84 bits per heavy atom. The second-order valence-electron chi connectivity index (χ2n) is 4.01. The van der Waals surface area contributed by atoms with E-state index in [1.807, 2.05) is 36.4 Å². The van der Waals surface area contributed by atoms with Crippen LogP contribution in [0.5, 0.6) is 11.8 Å². The van der Waals surface area contributed by atoms with Gasteiger partial charge in [-0.05, 0) is 32.8 Å². The Balaban J connectivity index is 1.98. The smallest absolute Gasteiger partial charge is 0.399 e. The fourth-order valence-corrected chi connectivity index (χ4v) is 2.39. The summed E-state index contributed by atoms with van der Waals surface area (Å²) in [4.78, 5) is 4.11. The van der Waals surface area contributed by atoms with Crippen LogP contribution in [0, 0.1) is 0 Å². The van der Waals surface area contributed by atoms with E-state index in [2.05, 4.69) is 20.9 Å². The van der Waals surface area contributed by atoms with Crippen molar-refractivity contribution >= 4 is 26.7 Å². The minimum Gasteiger partial charge on any atom is -0.417 e. The van der Waals surface area contributed by atoms with Gasteiger partial charge in [-0.3, -0.25) is 0 Å². The first kappa shape index (κ1) is 12.2. The van der Waals surface area contributed by atoms with Gasteiger partial charge >= 0.3 is 6.08 Å². The highest BCUT2D eigenvalue weighted by atomic mass is 79.9. The van der Waals surface area contributed by atoms with Gasteiger partial charge in [0.15, 0.2) is 0 Å². The lowest BCUT2D eigenvalue weighted by molar-refractivity contribution is 0.329. The quantitative estimate of drug-likeness (QED) is 0.797. The minimum absolute atomic E-state index is 0.191. The number of nitrogens with two attached hydrogens (primary N) is 1. The lowest BCUT2D eigenvalue weighted by Crippen LogP contribution is -1.96. The number of hydrogen-bond acceptors (Lipinski definition) is 4. The number of hydrogen-bond donors (Lipinski definition) is 1. The maximum atomic E-state index is 5.62. The van der Waals surface area contributed by atoms with Crippen molar-refractivity contribution in [2.45, 2.75) is 6.54 Å². The summed E-state index contributed by atoms with van der Waals surface area (Å²) in [6.07, 6.45) is 1.68. The van der Waals surface area contributed by atoms with E-state index in [9.17, 15) is 0 Å². The average molecular weight is 319 g/mol. The molecule has 0 spiro atoms. The fraction of sp³-hybridized carbons (Fsp3) is 0.0714. The summed E-state index contributed by atoms with van der Waals surface area (Å²) in [6, 6.07) is 11.9. The molecule has 0 atom stereocenters. The third-order valence-electron chi connectivity index (χ3n) is 2.76. The van der Waals surface area contributed by atoms with Crippen LogP contribution in [-0.2, 0) is 6.54 Å². The van der Waals surface area contributed by atoms with E-state index in [4.69, 9.17) is 14.9 Å². The molecule has 0 amide bonds. The Hall–Kier alpha value is -1.85. The number of oxazole rings is 1. The third kappa shape index (κ3) is 2.34. The molecule has 0 saturated heterocycles. The van der Waals surface area contributed by atoms with E-state index in [1.165, 1.54) is 6.26 Å². The number of aromatic nitrogens is 1. The second-order valence-corrected chi connectivity index (χ2v) is 4.80. The largest absolute Gasteiger partial charge is 0.417 e. The second kappa shape index (κ2) is 5.03. The number of benzene rings is 2. The molecule has 0 bridgehead atoms. The van der Waals surface area contributed by atoms with Crippen LogP contribution in [-0.4, -0.2) is 4.98 Å². The van der Waals surface area contributed by atoms with E-state index in [-0.39, 0.29) is 6.08 Å². The Bertz CT molecular complexity index is 724. The number of rotatable bonds is 3. The minimum atomic E-state index is 0.191. The molecular formula is C14H11BrN2O2. The molecule has 96 valence electrons. The summed E-state index contributed by atoms with van der Waals surface area (Å²) < 4.78 is 11.7. The first-order chi connectivity index (χ1) is 9.28. The van der Waals surface area contributed by atoms with E-state index >= 15 is 0 Å². The van der Waals surface area contributed by atoms with Crippen LogP contribution in [0.4, 0.5) is 0 Å². The molecule has 0 unspecified atom stereocenters. The van der Waals surface area contributed by atoms with Crippen molar-refractivity contribution < 1.29 is 9.15 Å². The molecule has 5 heteroatoms. The highest BCUT2D eigenvalue weighted by molar-refractivity contribution is 9.10. The van der Waals surface area contributed by atoms with Gasteiger partial charge in [-0.2, -0.15) is 4.98 Å². The molecule has 3 aromatic rings. The molecule has 19 heavy (non-hydrogen) atoms. The van der Waals surface area contributed by atoms with Crippen LogP contribution in [0.1, 0.15) is 5.69 Å². The van der Waals surface area contributed by atoms with Gasteiger partial charge in [0.25, 0.3) is 0 Å². The summed E-state index contributed by atoms with van der Waals surface area (Å²) in [7, 11) is 0. The van der Waals surface area contributed by atoms with Crippen LogP contribution in [0.2, 0.25) is 0 Å². The monoisotopic (exact) mass is 318 g/mol. The Morgan fingerprint density at radius 1 is 1.21 bits per heavy atom. The highest BCUT2D eigenvalue weighted by Crippen LogP contribution is 2.35. The highest BCUT2D eigenvalue weighted by Gasteiger charge is 2.10. The van der Waals surface area contributed by atoms with Gasteiger partial charge in [-0.15, -0.1) is 0 Å².